The molecule has 4 rings (SSSR count). The lowest BCUT2D eigenvalue weighted by molar-refractivity contribution is -0.148. The maximum absolute atomic E-state index is 14.1. The molecule has 226 valence electrons. The predicted octanol–water partition coefficient (Wildman–Crippen LogP) is 3.58. The molecule has 2 heterocycles. The van der Waals surface area contributed by atoms with E-state index in [-0.39, 0.29) is 35.0 Å². The second-order valence-corrected chi connectivity index (χ2v) is 14.4. The highest BCUT2D eigenvalue weighted by atomic mass is 16.6. The van der Waals surface area contributed by atoms with Crippen molar-refractivity contribution in [1.29, 1.82) is 0 Å². The molecule has 10 heteroatoms. The average Bonchev–Trinajstić information content (AvgIpc) is 3.20. The number of nitrogens with zero attached hydrogens (tertiary/aromatic N) is 2. The van der Waals surface area contributed by atoms with Crippen LogP contribution in [0.1, 0.15) is 85.3 Å². The van der Waals surface area contributed by atoms with Crippen LogP contribution in [0.3, 0.4) is 0 Å². The molecule has 2 aliphatic carbocycles. The van der Waals surface area contributed by atoms with Crippen LogP contribution in [0.25, 0.3) is 0 Å². The molecular weight excluding hydrogens is 524 g/mol. The van der Waals surface area contributed by atoms with Gasteiger partial charge in [-0.1, -0.05) is 34.6 Å². The third-order valence-electron chi connectivity index (χ3n) is 9.00. The van der Waals surface area contributed by atoms with Crippen molar-refractivity contribution >= 4 is 23.9 Å². The molecule has 2 fully saturated rings. The van der Waals surface area contributed by atoms with Gasteiger partial charge in [-0.05, 0) is 79.9 Å². The molecule has 1 saturated heterocycles. The molecule has 3 aliphatic rings. The lowest BCUT2D eigenvalue weighted by atomic mass is 9.79. The zero-order valence-corrected chi connectivity index (χ0v) is 25.9. The predicted molar refractivity (Wildman–Crippen MR) is 153 cm³/mol. The Hall–Kier alpha value is -3.17. The molecule has 3 amide bonds. The highest BCUT2D eigenvalue weighted by Crippen LogP contribution is 2.65. The highest BCUT2D eigenvalue weighted by Gasteiger charge is 2.70. The van der Waals surface area contributed by atoms with Crippen molar-refractivity contribution in [3.8, 4) is 0 Å². The number of pyridine rings is 1. The number of methoxy groups -OCH3 is 1. The molecule has 1 saturated carbocycles. The van der Waals surface area contributed by atoms with Gasteiger partial charge in [0.1, 0.15) is 23.7 Å². The van der Waals surface area contributed by atoms with Crippen LogP contribution >= 0.6 is 0 Å². The first-order valence-electron chi connectivity index (χ1n) is 14.6. The minimum absolute atomic E-state index is 0.0628. The van der Waals surface area contributed by atoms with E-state index in [0.717, 1.165) is 24.0 Å². The Bertz CT molecular complexity index is 1200. The number of hydrogen-bond acceptors (Lipinski definition) is 7. The Labute approximate surface area is 243 Å². The minimum Gasteiger partial charge on any atom is -0.467 e. The second kappa shape index (κ2) is 10.9. The number of carbonyl (C=O) groups is 4. The summed E-state index contributed by atoms with van der Waals surface area (Å²) in [6, 6.07) is -0.652. The minimum atomic E-state index is -0.916. The van der Waals surface area contributed by atoms with Gasteiger partial charge < -0.3 is 25.0 Å². The molecule has 10 nitrogen and oxygen atoms in total. The van der Waals surface area contributed by atoms with E-state index in [4.69, 9.17) is 9.47 Å². The van der Waals surface area contributed by atoms with Crippen molar-refractivity contribution in [3.63, 3.8) is 0 Å². The van der Waals surface area contributed by atoms with Gasteiger partial charge in [0.05, 0.1) is 7.11 Å². The van der Waals surface area contributed by atoms with Gasteiger partial charge in [0.2, 0.25) is 11.8 Å². The number of carbonyl (C=O) groups excluding carboxylic acids is 4. The van der Waals surface area contributed by atoms with E-state index in [1.807, 2.05) is 26.8 Å². The van der Waals surface area contributed by atoms with Crippen LogP contribution in [0.2, 0.25) is 0 Å². The molecule has 1 aromatic heterocycles. The fraction of sp³-hybridized carbons (Fsp3) is 0.710. The van der Waals surface area contributed by atoms with Crippen molar-refractivity contribution in [2.24, 2.45) is 22.7 Å². The summed E-state index contributed by atoms with van der Waals surface area (Å²) in [5.41, 5.74) is 0.545. The standard InChI is InChI=1S/C31H46N4O6/c1-29(2,3)24(34-28(39)41-30(4,5)6)26(37)35-16-20-21(31(20,7)8)23(35)25(36)33-22(27(38)40-9)18-12-10-11-17-13-14-32-15-19(17)18/h13-15,18,20-24H,10-12,16H2,1-9H3,(H,33,36)(H,34,39)/t18?,20-,21-,22?,23-,24?/m0/s1. The first kappa shape index (κ1) is 30.8. The SMILES string of the molecule is COC(=O)C(NC(=O)[C@@H]1[C@@H]2[C@H](CN1C(=O)C(NC(=O)OC(C)(C)C)C(C)(C)C)C2(C)C)C1CCCc2ccncc21. The molecule has 0 radical (unpaired) electrons. The van der Waals surface area contributed by atoms with E-state index < -0.39 is 41.2 Å². The lowest BCUT2D eigenvalue weighted by Crippen LogP contribution is -2.61. The molecule has 0 bridgehead atoms. The third-order valence-corrected chi connectivity index (χ3v) is 9.00. The maximum Gasteiger partial charge on any atom is 0.408 e. The third kappa shape index (κ3) is 6.21. The summed E-state index contributed by atoms with van der Waals surface area (Å²) in [7, 11) is 1.32. The van der Waals surface area contributed by atoms with E-state index >= 15 is 0 Å². The van der Waals surface area contributed by atoms with Crippen LogP contribution < -0.4 is 10.6 Å². The number of aryl methyl sites for hydroxylation is 1. The number of rotatable bonds is 6. The van der Waals surface area contributed by atoms with Gasteiger partial charge in [-0.15, -0.1) is 0 Å². The average molecular weight is 571 g/mol. The Kier molecular flexibility index (Phi) is 8.19. The van der Waals surface area contributed by atoms with E-state index in [0.29, 0.717) is 13.0 Å². The summed E-state index contributed by atoms with van der Waals surface area (Å²) in [5.74, 6) is -1.45. The number of piperidine rings is 1. The molecule has 0 aromatic carbocycles. The summed E-state index contributed by atoms with van der Waals surface area (Å²) >= 11 is 0. The van der Waals surface area contributed by atoms with Crippen molar-refractivity contribution < 1.29 is 28.7 Å². The lowest BCUT2D eigenvalue weighted by Gasteiger charge is -2.38. The van der Waals surface area contributed by atoms with Crippen molar-refractivity contribution in [3.05, 3.63) is 29.6 Å². The maximum atomic E-state index is 14.1. The van der Waals surface area contributed by atoms with Gasteiger partial charge in [0.15, 0.2) is 0 Å². The normalized spacial score (nSPS) is 26.1. The number of likely N-dealkylation sites (tertiary alicyclic amines) is 1. The Morgan fingerprint density at radius 2 is 1.78 bits per heavy atom. The molecule has 2 N–H and O–H groups in total. The van der Waals surface area contributed by atoms with E-state index in [9.17, 15) is 19.2 Å². The Morgan fingerprint density at radius 3 is 2.39 bits per heavy atom. The summed E-state index contributed by atoms with van der Waals surface area (Å²) < 4.78 is 10.6. The first-order valence-corrected chi connectivity index (χ1v) is 14.6. The second-order valence-electron chi connectivity index (χ2n) is 14.4. The number of aromatic nitrogens is 1. The van der Waals surface area contributed by atoms with Gasteiger partial charge in [-0.2, -0.15) is 0 Å². The Morgan fingerprint density at radius 1 is 1.10 bits per heavy atom. The van der Waals surface area contributed by atoms with Crippen LogP contribution in [-0.2, 0) is 30.3 Å². The summed E-state index contributed by atoms with van der Waals surface area (Å²) in [4.78, 5) is 59.9. The molecule has 41 heavy (non-hydrogen) atoms. The molecule has 6 atom stereocenters. The van der Waals surface area contributed by atoms with Gasteiger partial charge in [-0.25, -0.2) is 9.59 Å². The molecular formula is C31H46N4O6. The number of alkyl carbamates (subject to hydrolysis) is 1. The van der Waals surface area contributed by atoms with Gasteiger partial charge in [-0.3, -0.25) is 14.6 Å². The van der Waals surface area contributed by atoms with E-state index in [1.54, 1.807) is 38.1 Å². The van der Waals surface area contributed by atoms with Crippen molar-refractivity contribution in [2.45, 2.75) is 104 Å². The monoisotopic (exact) mass is 570 g/mol. The number of nitrogens with one attached hydrogen (secondary N) is 2. The quantitative estimate of drug-likeness (QED) is 0.501. The summed E-state index contributed by atoms with van der Waals surface area (Å²) in [6.45, 7) is 15.5. The smallest absolute Gasteiger partial charge is 0.408 e. The largest absolute Gasteiger partial charge is 0.467 e. The van der Waals surface area contributed by atoms with E-state index in [2.05, 4.69) is 29.5 Å². The van der Waals surface area contributed by atoms with E-state index in [1.165, 1.54) is 7.11 Å². The first-order chi connectivity index (χ1) is 19.0. The molecule has 1 aromatic rings. The fourth-order valence-corrected chi connectivity index (χ4v) is 6.75. The number of amides is 3. The van der Waals surface area contributed by atoms with Gasteiger partial charge in [0.25, 0.3) is 0 Å². The van der Waals surface area contributed by atoms with Gasteiger partial charge in [0, 0.05) is 24.9 Å². The molecule has 3 unspecified atom stereocenters. The zero-order valence-electron chi connectivity index (χ0n) is 25.9. The van der Waals surface area contributed by atoms with Crippen LogP contribution in [-0.4, -0.2) is 71.1 Å². The van der Waals surface area contributed by atoms with Crippen LogP contribution in [0.5, 0.6) is 0 Å². The van der Waals surface area contributed by atoms with Crippen LogP contribution in [0.4, 0.5) is 4.79 Å². The van der Waals surface area contributed by atoms with Crippen LogP contribution in [0, 0.1) is 22.7 Å². The van der Waals surface area contributed by atoms with Crippen molar-refractivity contribution in [1.82, 2.24) is 20.5 Å². The zero-order chi connectivity index (χ0) is 30.5. The molecule has 0 spiro atoms. The number of fused-ring (bicyclic) bond motifs is 2. The number of ether oxygens (including phenoxy) is 2. The van der Waals surface area contributed by atoms with Gasteiger partial charge >= 0.3 is 12.1 Å². The summed E-state index contributed by atoms with van der Waals surface area (Å²) in [6.07, 6.45) is 5.28. The fourth-order valence-electron chi connectivity index (χ4n) is 6.75. The highest BCUT2D eigenvalue weighted by molar-refractivity contribution is 5.95. The number of hydrogen-bond donors (Lipinski definition) is 2. The summed E-state index contributed by atoms with van der Waals surface area (Å²) in [5, 5.41) is 5.77. The molecule has 1 aliphatic heterocycles. The van der Waals surface area contributed by atoms with Crippen molar-refractivity contribution in [2.75, 3.05) is 13.7 Å². The Balaban J connectivity index is 1.61. The van der Waals surface area contributed by atoms with Crippen LogP contribution in [0.15, 0.2) is 18.5 Å². The number of esters is 1. The topological polar surface area (TPSA) is 127 Å².